The molecule has 2 heteroatoms. The molecule has 1 aromatic heterocycles. The van der Waals surface area contributed by atoms with Gasteiger partial charge >= 0.3 is 0 Å². The van der Waals surface area contributed by atoms with Gasteiger partial charge in [0.1, 0.15) is 0 Å². The van der Waals surface area contributed by atoms with Gasteiger partial charge in [0, 0.05) is 23.9 Å². The quantitative estimate of drug-likeness (QED) is 0.765. The van der Waals surface area contributed by atoms with E-state index < -0.39 is 0 Å². The Morgan fingerprint density at radius 1 is 1.38 bits per heavy atom. The van der Waals surface area contributed by atoms with E-state index in [-0.39, 0.29) is 5.54 Å². The monoisotopic (exact) mass is 178 g/mol. The molecule has 0 aliphatic rings. The van der Waals surface area contributed by atoms with Gasteiger partial charge in [0.15, 0.2) is 0 Å². The fraction of sp³-hybridized carbons (Fsp3) is 0.545. The molecule has 0 saturated heterocycles. The van der Waals surface area contributed by atoms with Gasteiger partial charge in [-0.1, -0.05) is 6.07 Å². The van der Waals surface area contributed by atoms with Crippen molar-refractivity contribution in [3.05, 3.63) is 29.6 Å². The third-order valence-electron chi connectivity index (χ3n) is 2.27. The number of hydrogen-bond donors (Lipinski definition) is 1. The third kappa shape index (κ3) is 3.15. The lowest BCUT2D eigenvalue weighted by Gasteiger charge is -2.23. The number of pyridine rings is 1. The molecule has 0 saturated carbocycles. The number of nitrogens with zero attached hydrogens (tertiary/aromatic N) is 1. The highest BCUT2D eigenvalue weighted by Gasteiger charge is 2.15. The van der Waals surface area contributed by atoms with Crippen molar-refractivity contribution in [2.24, 2.45) is 0 Å². The van der Waals surface area contributed by atoms with Crippen LogP contribution in [0.25, 0.3) is 0 Å². The number of rotatable bonds is 3. The van der Waals surface area contributed by atoms with Crippen LogP contribution in [0.5, 0.6) is 0 Å². The maximum atomic E-state index is 4.37. The average Bonchev–Trinajstić information content (AvgIpc) is 2.09. The van der Waals surface area contributed by atoms with Gasteiger partial charge in [0.05, 0.1) is 0 Å². The summed E-state index contributed by atoms with van der Waals surface area (Å²) in [5.41, 5.74) is 2.48. The Bertz CT molecular complexity index is 262. The van der Waals surface area contributed by atoms with Crippen LogP contribution in [0.4, 0.5) is 0 Å². The molecule has 0 unspecified atom stereocenters. The van der Waals surface area contributed by atoms with Crippen molar-refractivity contribution >= 4 is 0 Å². The zero-order chi connectivity index (χ0) is 9.90. The van der Waals surface area contributed by atoms with E-state index in [4.69, 9.17) is 0 Å². The summed E-state index contributed by atoms with van der Waals surface area (Å²) in [5, 5.41) is 3.26. The van der Waals surface area contributed by atoms with E-state index in [0.717, 1.165) is 12.1 Å². The molecule has 1 N–H and O–H groups in total. The summed E-state index contributed by atoms with van der Waals surface area (Å²) in [5.74, 6) is 0. The van der Waals surface area contributed by atoms with Crippen LogP contribution in [0, 0.1) is 6.92 Å². The van der Waals surface area contributed by atoms with Crippen LogP contribution in [0.3, 0.4) is 0 Å². The van der Waals surface area contributed by atoms with Gasteiger partial charge in [-0.3, -0.25) is 4.98 Å². The zero-order valence-corrected chi connectivity index (χ0v) is 8.89. The van der Waals surface area contributed by atoms with Crippen molar-refractivity contribution in [2.75, 3.05) is 7.05 Å². The number of aryl methyl sites for hydroxylation is 1. The second-order valence-corrected chi connectivity index (χ2v) is 4.14. The smallest absolute Gasteiger partial charge is 0.0421 e. The van der Waals surface area contributed by atoms with Crippen LogP contribution in [0.2, 0.25) is 0 Å². The lowest BCUT2D eigenvalue weighted by molar-refractivity contribution is 0.418. The number of nitrogens with one attached hydrogen (secondary N) is 1. The van der Waals surface area contributed by atoms with Gasteiger partial charge in [-0.25, -0.2) is 0 Å². The summed E-state index contributed by atoms with van der Waals surface area (Å²) in [6.45, 7) is 6.41. The topological polar surface area (TPSA) is 24.9 Å². The fourth-order valence-electron chi connectivity index (χ4n) is 1.14. The normalized spacial score (nSPS) is 11.7. The van der Waals surface area contributed by atoms with Gasteiger partial charge in [-0.15, -0.1) is 0 Å². The molecule has 72 valence electrons. The molecule has 0 aliphatic carbocycles. The highest BCUT2D eigenvalue weighted by molar-refractivity contribution is 5.13. The highest BCUT2D eigenvalue weighted by atomic mass is 14.9. The summed E-state index contributed by atoms with van der Waals surface area (Å²) in [4.78, 5) is 4.37. The minimum Gasteiger partial charge on any atom is -0.314 e. The van der Waals surface area contributed by atoms with E-state index in [2.05, 4.69) is 43.2 Å². The molecule has 2 nitrogen and oxygen atoms in total. The Hall–Kier alpha value is -0.890. The van der Waals surface area contributed by atoms with Crippen molar-refractivity contribution in [1.29, 1.82) is 0 Å². The highest BCUT2D eigenvalue weighted by Crippen LogP contribution is 2.10. The van der Waals surface area contributed by atoms with E-state index in [9.17, 15) is 0 Å². The molecule has 1 rings (SSSR count). The molecule has 0 aromatic carbocycles. The molecule has 0 amide bonds. The zero-order valence-electron chi connectivity index (χ0n) is 8.89. The van der Waals surface area contributed by atoms with Crippen LogP contribution in [0.1, 0.15) is 25.1 Å². The summed E-state index contributed by atoms with van der Waals surface area (Å²) >= 11 is 0. The minimum absolute atomic E-state index is 0.127. The number of aromatic nitrogens is 1. The first-order valence-electron chi connectivity index (χ1n) is 4.64. The minimum atomic E-state index is 0.127. The first-order valence-corrected chi connectivity index (χ1v) is 4.64. The van der Waals surface area contributed by atoms with E-state index in [0.29, 0.717) is 0 Å². The SMILES string of the molecule is CNC(C)(C)Cc1ccc(C)cn1. The predicted molar refractivity (Wildman–Crippen MR) is 55.8 cm³/mol. The standard InChI is InChI=1S/C11H18N2/c1-9-5-6-10(13-8-9)7-11(2,3)12-4/h5-6,8,12H,7H2,1-4H3. The van der Waals surface area contributed by atoms with Gasteiger partial charge in [0.25, 0.3) is 0 Å². The van der Waals surface area contributed by atoms with E-state index >= 15 is 0 Å². The van der Waals surface area contributed by atoms with Crippen LogP contribution in [0.15, 0.2) is 18.3 Å². The van der Waals surface area contributed by atoms with E-state index in [1.165, 1.54) is 5.56 Å². The van der Waals surface area contributed by atoms with Crippen LogP contribution >= 0.6 is 0 Å². The maximum absolute atomic E-state index is 4.37. The molecule has 0 radical (unpaired) electrons. The molecule has 0 spiro atoms. The Balaban J connectivity index is 2.69. The molecule has 0 aliphatic heterocycles. The van der Waals surface area contributed by atoms with Gasteiger partial charge in [-0.05, 0) is 39.4 Å². The van der Waals surface area contributed by atoms with Crippen molar-refractivity contribution < 1.29 is 0 Å². The second-order valence-electron chi connectivity index (χ2n) is 4.14. The van der Waals surface area contributed by atoms with Gasteiger partial charge in [-0.2, -0.15) is 0 Å². The van der Waals surface area contributed by atoms with Gasteiger partial charge < -0.3 is 5.32 Å². The lowest BCUT2D eigenvalue weighted by Crippen LogP contribution is -2.38. The predicted octanol–water partition coefficient (Wildman–Crippen LogP) is 1.93. The average molecular weight is 178 g/mol. The van der Waals surface area contributed by atoms with Crippen molar-refractivity contribution in [1.82, 2.24) is 10.3 Å². The maximum Gasteiger partial charge on any atom is 0.0421 e. The molecule has 13 heavy (non-hydrogen) atoms. The Morgan fingerprint density at radius 3 is 2.54 bits per heavy atom. The Labute approximate surface area is 80.4 Å². The lowest BCUT2D eigenvalue weighted by atomic mass is 9.98. The van der Waals surface area contributed by atoms with Crippen LogP contribution in [-0.4, -0.2) is 17.6 Å². The first-order chi connectivity index (χ1) is 6.03. The van der Waals surface area contributed by atoms with Crippen LogP contribution < -0.4 is 5.32 Å². The van der Waals surface area contributed by atoms with Gasteiger partial charge in [0.2, 0.25) is 0 Å². The number of hydrogen-bond acceptors (Lipinski definition) is 2. The molecule has 1 heterocycles. The third-order valence-corrected chi connectivity index (χ3v) is 2.27. The first kappa shape index (κ1) is 10.2. The summed E-state index contributed by atoms with van der Waals surface area (Å²) in [6, 6.07) is 4.20. The number of likely N-dealkylation sites (N-methyl/N-ethyl adjacent to an activating group) is 1. The van der Waals surface area contributed by atoms with Crippen molar-refractivity contribution in [2.45, 2.75) is 32.7 Å². The van der Waals surface area contributed by atoms with E-state index in [1.807, 2.05) is 13.2 Å². The molecule has 0 atom stereocenters. The Morgan fingerprint density at radius 2 is 2.08 bits per heavy atom. The van der Waals surface area contributed by atoms with E-state index in [1.54, 1.807) is 0 Å². The molecular weight excluding hydrogens is 160 g/mol. The summed E-state index contributed by atoms with van der Waals surface area (Å²) < 4.78 is 0. The van der Waals surface area contributed by atoms with Crippen molar-refractivity contribution in [3.63, 3.8) is 0 Å². The summed E-state index contributed by atoms with van der Waals surface area (Å²) in [7, 11) is 1.98. The Kier molecular flexibility index (Phi) is 3.04. The molecule has 1 aromatic rings. The largest absolute Gasteiger partial charge is 0.314 e. The molecular formula is C11H18N2. The van der Waals surface area contributed by atoms with Crippen molar-refractivity contribution in [3.8, 4) is 0 Å². The fourth-order valence-corrected chi connectivity index (χ4v) is 1.14. The second kappa shape index (κ2) is 3.88. The summed E-state index contributed by atoms with van der Waals surface area (Å²) in [6.07, 6.45) is 2.88. The van der Waals surface area contributed by atoms with Crippen LogP contribution in [-0.2, 0) is 6.42 Å². The molecule has 0 bridgehead atoms. The molecule has 0 fully saturated rings.